The number of hydrogen-bond acceptors (Lipinski definition) is 3. The van der Waals surface area contributed by atoms with Gasteiger partial charge in [-0.15, -0.1) is 0 Å². The molecule has 0 aromatic heterocycles. The second-order valence-corrected chi connectivity index (χ2v) is 6.00. The first-order valence-electron chi connectivity index (χ1n) is 7.39. The lowest BCUT2D eigenvalue weighted by Crippen LogP contribution is -2.48. The number of carbonyl (C=O) groups is 1. The van der Waals surface area contributed by atoms with Crippen LogP contribution in [0.2, 0.25) is 0 Å². The summed E-state index contributed by atoms with van der Waals surface area (Å²) in [6, 6.07) is 6.32. The van der Waals surface area contributed by atoms with E-state index in [1.54, 1.807) is 19.1 Å². The molecule has 4 nitrogen and oxygen atoms in total. The monoisotopic (exact) mass is 290 g/mol. The average Bonchev–Trinajstić information content (AvgIpc) is 3.10. The Labute approximate surface area is 123 Å². The molecule has 1 aromatic carbocycles. The van der Waals surface area contributed by atoms with Gasteiger partial charge in [0, 0.05) is 12.5 Å². The van der Waals surface area contributed by atoms with Crippen LogP contribution in [0.3, 0.4) is 0 Å². The first-order chi connectivity index (χ1) is 10.1. The molecule has 0 radical (unpaired) electrons. The fourth-order valence-electron chi connectivity index (χ4n) is 2.87. The van der Waals surface area contributed by atoms with Crippen LogP contribution < -0.4 is 5.32 Å². The predicted octanol–water partition coefficient (Wildman–Crippen LogP) is 2.77. The Hall–Kier alpha value is -1.91. The predicted molar refractivity (Wildman–Crippen MR) is 77.4 cm³/mol. The zero-order chi connectivity index (χ0) is 14.9. The molecule has 1 heterocycles. The molecule has 21 heavy (non-hydrogen) atoms. The lowest BCUT2D eigenvalue weighted by atomic mass is 9.94. The van der Waals surface area contributed by atoms with Crippen LogP contribution in [0, 0.1) is 5.82 Å². The number of oxime groups is 1. The Morgan fingerprint density at radius 2 is 2.00 bits per heavy atom. The third kappa shape index (κ3) is 2.91. The van der Waals surface area contributed by atoms with E-state index < -0.39 is 5.60 Å². The van der Waals surface area contributed by atoms with Crippen LogP contribution in [0.15, 0.2) is 29.4 Å². The highest BCUT2D eigenvalue weighted by atomic mass is 19.1. The van der Waals surface area contributed by atoms with Gasteiger partial charge >= 0.3 is 0 Å². The molecule has 3 rings (SSSR count). The summed E-state index contributed by atoms with van der Waals surface area (Å²) >= 11 is 0. The number of rotatable bonds is 3. The molecule has 112 valence electrons. The molecule has 1 aromatic rings. The van der Waals surface area contributed by atoms with Gasteiger partial charge < -0.3 is 10.2 Å². The number of nitrogens with one attached hydrogen (secondary N) is 1. The quantitative estimate of drug-likeness (QED) is 0.930. The van der Waals surface area contributed by atoms with Crippen molar-refractivity contribution in [2.75, 3.05) is 0 Å². The van der Waals surface area contributed by atoms with E-state index in [2.05, 4.69) is 10.5 Å². The Bertz CT molecular complexity index is 564. The second kappa shape index (κ2) is 5.47. The van der Waals surface area contributed by atoms with Crippen molar-refractivity contribution in [1.82, 2.24) is 5.32 Å². The largest absolute Gasteiger partial charge is 0.379 e. The highest BCUT2D eigenvalue weighted by Crippen LogP contribution is 2.28. The molecule has 0 bridgehead atoms. The molecule has 5 heteroatoms. The van der Waals surface area contributed by atoms with Gasteiger partial charge in [-0.2, -0.15) is 0 Å². The summed E-state index contributed by atoms with van der Waals surface area (Å²) in [7, 11) is 0. The lowest BCUT2D eigenvalue weighted by Gasteiger charge is -2.23. The van der Waals surface area contributed by atoms with Gasteiger partial charge in [-0.05, 0) is 37.5 Å². The Balaban J connectivity index is 1.65. The molecule has 1 amide bonds. The van der Waals surface area contributed by atoms with E-state index in [4.69, 9.17) is 4.84 Å². The molecular weight excluding hydrogens is 271 g/mol. The summed E-state index contributed by atoms with van der Waals surface area (Å²) < 4.78 is 12.9. The summed E-state index contributed by atoms with van der Waals surface area (Å²) in [5.41, 5.74) is 0.500. The zero-order valence-electron chi connectivity index (χ0n) is 12.1. The van der Waals surface area contributed by atoms with E-state index in [9.17, 15) is 9.18 Å². The van der Waals surface area contributed by atoms with E-state index in [-0.39, 0.29) is 17.8 Å². The van der Waals surface area contributed by atoms with Gasteiger partial charge in [-0.3, -0.25) is 4.79 Å². The maximum Gasteiger partial charge on any atom is 0.267 e. The van der Waals surface area contributed by atoms with Crippen molar-refractivity contribution in [3.63, 3.8) is 0 Å². The van der Waals surface area contributed by atoms with Gasteiger partial charge in [-0.25, -0.2) is 4.39 Å². The van der Waals surface area contributed by atoms with E-state index in [0.717, 1.165) is 18.4 Å². The number of benzene rings is 1. The van der Waals surface area contributed by atoms with Gasteiger partial charge in [-0.1, -0.05) is 30.1 Å². The van der Waals surface area contributed by atoms with Crippen molar-refractivity contribution < 1.29 is 14.0 Å². The summed E-state index contributed by atoms with van der Waals surface area (Å²) in [5, 5.41) is 7.06. The normalized spacial score (nSPS) is 25.5. The SMILES string of the molecule is CC1(C(=O)NC2CCCC2)CC(c2ccc(F)cc2)=NO1. The van der Waals surface area contributed by atoms with Crippen LogP contribution in [0.25, 0.3) is 0 Å². The molecule has 1 atom stereocenters. The number of halogens is 1. The topological polar surface area (TPSA) is 50.7 Å². The van der Waals surface area contributed by atoms with E-state index in [1.807, 2.05) is 0 Å². The highest BCUT2D eigenvalue weighted by Gasteiger charge is 2.43. The third-order valence-corrected chi connectivity index (χ3v) is 4.21. The second-order valence-electron chi connectivity index (χ2n) is 6.00. The van der Waals surface area contributed by atoms with Gasteiger partial charge in [0.15, 0.2) is 0 Å². The minimum atomic E-state index is -0.966. The standard InChI is InChI=1S/C16H19FN2O2/c1-16(15(20)18-13-4-2-3-5-13)10-14(19-21-16)11-6-8-12(17)9-7-11/h6-9,13H,2-5,10H2,1H3,(H,18,20). The smallest absolute Gasteiger partial charge is 0.267 e. The van der Waals surface area contributed by atoms with Crippen LogP contribution in [-0.4, -0.2) is 23.3 Å². The van der Waals surface area contributed by atoms with E-state index in [1.165, 1.54) is 25.0 Å². The summed E-state index contributed by atoms with van der Waals surface area (Å²) in [6.45, 7) is 1.75. The molecule has 1 saturated carbocycles. The third-order valence-electron chi connectivity index (χ3n) is 4.21. The van der Waals surface area contributed by atoms with Gasteiger partial charge in [0.25, 0.3) is 5.91 Å². The van der Waals surface area contributed by atoms with Gasteiger partial charge in [0.2, 0.25) is 5.60 Å². The van der Waals surface area contributed by atoms with Crippen molar-refractivity contribution in [2.45, 2.75) is 50.7 Å². The Kier molecular flexibility index (Phi) is 3.66. The molecule has 1 aliphatic heterocycles. The molecule has 1 unspecified atom stereocenters. The molecule has 1 fully saturated rings. The number of hydrogen-bond donors (Lipinski definition) is 1. The first-order valence-corrected chi connectivity index (χ1v) is 7.39. The average molecular weight is 290 g/mol. The van der Waals surface area contributed by atoms with Crippen molar-refractivity contribution in [3.05, 3.63) is 35.6 Å². The van der Waals surface area contributed by atoms with Crippen molar-refractivity contribution in [3.8, 4) is 0 Å². The van der Waals surface area contributed by atoms with Crippen LogP contribution in [0.4, 0.5) is 4.39 Å². The number of carbonyl (C=O) groups excluding carboxylic acids is 1. The molecule has 2 aliphatic rings. The zero-order valence-corrected chi connectivity index (χ0v) is 12.1. The highest BCUT2D eigenvalue weighted by molar-refractivity contribution is 6.05. The maximum atomic E-state index is 12.9. The summed E-state index contributed by atoms with van der Waals surface area (Å²) in [5.74, 6) is -0.407. The van der Waals surface area contributed by atoms with Gasteiger partial charge in [0.1, 0.15) is 5.82 Å². The van der Waals surface area contributed by atoms with Crippen LogP contribution in [0.1, 0.15) is 44.6 Å². The minimum absolute atomic E-state index is 0.115. The van der Waals surface area contributed by atoms with E-state index in [0.29, 0.717) is 12.1 Å². The van der Waals surface area contributed by atoms with E-state index >= 15 is 0 Å². The fourth-order valence-corrected chi connectivity index (χ4v) is 2.87. The van der Waals surface area contributed by atoms with Crippen LogP contribution >= 0.6 is 0 Å². The lowest BCUT2D eigenvalue weighted by molar-refractivity contribution is -0.142. The minimum Gasteiger partial charge on any atom is -0.379 e. The molecule has 0 spiro atoms. The van der Waals surface area contributed by atoms with Crippen LogP contribution in [0.5, 0.6) is 0 Å². The van der Waals surface area contributed by atoms with Gasteiger partial charge in [0.05, 0.1) is 5.71 Å². The van der Waals surface area contributed by atoms with Crippen molar-refractivity contribution in [2.24, 2.45) is 5.16 Å². The number of nitrogens with zero attached hydrogens (tertiary/aromatic N) is 1. The van der Waals surface area contributed by atoms with Crippen molar-refractivity contribution >= 4 is 11.6 Å². The maximum absolute atomic E-state index is 12.9. The molecule has 0 saturated heterocycles. The Morgan fingerprint density at radius 3 is 2.67 bits per heavy atom. The number of amides is 1. The molecular formula is C16H19FN2O2. The Morgan fingerprint density at radius 1 is 1.33 bits per heavy atom. The fraction of sp³-hybridized carbons (Fsp3) is 0.500. The summed E-state index contributed by atoms with van der Waals surface area (Å²) in [6.07, 6.45) is 4.80. The van der Waals surface area contributed by atoms with Crippen molar-refractivity contribution in [1.29, 1.82) is 0 Å². The summed E-state index contributed by atoms with van der Waals surface area (Å²) in [4.78, 5) is 17.8. The first kappa shape index (κ1) is 14.0. The van der Waals surface area contributed by atoms with Crippen LogP contribution in [-0.2, 0) is 9.63 Å². The molecule has 1 aliphatic carbocycles. The molecule has 1 N–H and O–H groups in total.